The summed E-state index contributed by atoms with van der Waals surface area (Å²) >= 11 is 0. The van der Waals surface area contributed by atoms with Gasteiger partial charge in [0.2, 0.25) is 0 Å². The van der Waals surface area contributed by atoms with Gasteiger partial charge in [-0.3, -0.25) is 0 Å². The second-order valence-corrected chi connectivity index (χ2v) is 3.87. The summed E-state index contributed by atoms with van der Waals surface area (Å²) in [6, 6.07) is 0. The number of ether oxygens (including phenoxy) is 2. The lowest BCUT2D eigenvalue weighted by Gasteiger charge is -2.31. The first-order valence-corrected chi connectivity index (χ1v) is 5.67. The summed E-state index contributed by atoms with van der Waals surface area (Å²) in [7, 11) is 0. The molecule has 0 aromatic carbocycles. The first-order chi connectivity index (χ1) is 6.79. The highest BCUT2D eigenvalue weighted by molar-refractivity contribution is 4.78. The molecule has 1 heterocycles. The van der Waals surface area contributed by atoms with Crippen molar-refractivity contribution in [1.29, 1.82) is 0 Å². The fourth-order valence-electron chi connectivity index (χ4n) is 2.01. The van der Waals surface area contributed by atoms with Crippen LogP contribution >= 0.6 is 0 Å². The summed E-state index contributed by atoms with van der Waals surface area (Å²) in [6.07, 6.45) is 2.60. The highest BCUT2D eigenvalue weighted by atomic mass is 16.5. The predicted octanol–water partition coefficient (Wildman–Crippen LogP) is 1.59. The molecule has 0 saturated carbocycles. The van der Waals surface area contributed by atoms with E-state index in [-0.39, 0.29) is 18.1 Å². The van der Waals surface area contributed by atoms with Crippen LogP contribution in [0.25, 0.3) is 0 Å². The molecule has 1 fully saturated rings. The molecule has 3 nitrogen and oxygen atoms in total. The summed E-state index contributed by atoms with van der Waals surface area (Å²) in [5.41, 5.74) is 0. The third kappa shape index (κ3) is 3.23. The molecule has 1 N–H and O–H groups in total. The molecule has 3 unspecified atom stereocenters. The minimum absolute atomic E-state index is 0.0216. The third-order valence-corrected chi connectivity index (χ3v) is 2.84. The van der Waals surface area contributed by atoms with E-state index in [2.05, 4.69) is 0 Å². The highest BCUT2D eigenvalue weighted by Gasteiger charge is 2.28. The molecular weight excluding hydrogens is 180 g/mol. The highest BCUT2D eigenvalue weighted by Crippen LogP contribution is 2.22. The van der Waals surface area contributed by atoms with E-state index in [0.717, 1.165) is 25.9 Å². The van der Waals surface area contributed by atoms with Crippen molar-refractivity contribution in [2.45, 2.75) is 45.3 Å². The quantitative estimate of drug-likeness (QED) is 0.735. The number of aliphatic hydroxyl groups is 1. The maximum atomic E-state index is 10.1. The molecule has 1 rings (SSSR count). The molecule has 0 aromatic rings. The Bertz CT molecular complexity index is 139. The Morgan fingerprint density at radius 2 is 2.29 bits per heavy atom. The van der Waals surface area contributed by atoms with Gasteiger partial charge in [-0.15, -0.1) is 0 Å². The molecule has 3 heteroatoms. The van der Waals surface area contributed by atoms with Crippen LogP contribution in [-0.2, 0) is 9.47 Å². The summed E-state index contributed by atoms with van der Waals surface area (Å²) in [5.74, 6) is 0.264. The lowest BCUT2D eigenvalue weighted by molar-refractivity contribution is -0.0898. The predicted molar refractivity (Wildman–Crippen MR) is 55.3 cm³/mol. The smallest absolute Gasteiger partial charge is 0.0851 e. The van der Waals surface area contributed by atoms with E-state index in [9.17, 15) is 5.11 Å². The summed E-state index contributed by atoms with van der Waals surface area (Å²) in [6.45, 7) is 6.21. The van der Waals surface area contributed by atoms with E-state index >= 15 is 0 Å². The van der Waals surface area contributed by atoms with Crippen LogP contribution in [0.3, 0.4) is 0 Å². The Kier molecular flexibility index (Phi) is 5.45. The fourth-order valence-corrected chi connectivity index (χ4v) is 2.01. The zero-order valence-corrected chi connectivity index (χ0v) is 9.24. The van der Waals surface area contributed by atoms with Gasteiger partial charge in [0.05, 0.1) is 18.8 Å². The molecule has 14 heavy (non-hydrogen) atoms. The van der Waals surface area contributed by atoms with E-state index in [1.807, 2.05) is 13.8 Å². The van der Waals surface area contributed by atoms with E-state index in [0.29, 0.717) is 13.2 Å². The van der Waals surface area contributed by atoms with Crippen LogP contribution in [0.15, 0.2) is 0 Å². The second kappa shape index (κ2) is 6.38. The maximum absolute atomic E-state index is 10.1. The molecule has 0 aromatic heterocycles. The largest absolute Gasteiger partial charge is 0.390 e. The van der Waals surface area contributed by atoms with Gasteiger partial charge in [-0.25, -0.2) is 0 Å². The number of hydrogen-bond donors (Lipinski definition) is 1. The van der Waals surface area contributed by atoms with Crippen LogP contribution in [0, 0.1) is 5.92 Å². The summed E-state index contributed by atoms with van der Waals surface area (Å²) in [4.78, 5) is 0. The first-order valence-electron chi connectivity index (χ1n) is 5.67. The van der Waals surface area contributed by atoms with E-state index in [1.165, 1.54) is 0 Å². The van der Waals surface area contributed by atoms with Crippen molar-refractivity contribution in [1.82, 2.24) is 0 Å². The number of hydrogen-bond acceptors (Lipinski definition) is 3. The van der Waals surface area contributed by atoms with Crippen LogP contribution in [0.4, 0.5) is 0 Å². The van der Waals surface area contributed by atoms with Crippen LogP contribution in [0.5, 0.6) is 0 Å². The minimum atomic E-state index is -0.361. The average molecular weight is 202 g/mol. The molecule has 0 aliphatic carbocycles. The number of rotatable bonds is 5. The Balaban J connectivity index is 2.38. The molecule has 1 aliphatic rings. The van der Waals surface area contributed by atoms with E-state index in [1.54, 1.807) is 0 Å². The van der Waals surface area contributed by atoms with Gasteiger partial charge in [0, 0.05) is 19.1 Å². The number of aliphatic hydroxyl groups excluding tert-OH is 1. The van der Waals surface area contributed by atoms with Gasteiger partial charge >= 0.3 is 0 Å². The van der Waals surface area contributed by atoms with Crippen molar-refractivity contribution in [3.63, 3.8) is 0 Å². The Hall–Kier alpha value is -0.120. The Morgan fingerprint density at radius 1 is 1.50 bits per heavy atom. The monoisotopic (exact) mass is 202 g/mol. The van der Waals surface area contributed by atoms with Gasteiger partial charge in [-0.1, -0.05) is 6.92 Å². The van der Waals surface area contributed by atoms with Crippen LogP contribution in [-0.4, -0.2) is 37.1 Å². The Morgan fingerprint density at radius 3 is 2.79 bits per heavy atom. The van der Waals surface area contributed by atoms with Crippen molar-refractivity contribution in [2.24, 2.45) is 5.92 Å². The van der Waals surface area contributed by atoms with Crippen molar-refractivity contribution in [2.75, 3.05) is 19.8 Å². The zero-order valence-electron chi connectivity index (χ0n) is 9.24. The lowest BCUT2D eigenvalue weighted by Crippen LogP contribution is -2.39. The molecule has 0 radical (unpaired) electrons. The topological polar surface area (TPSA) is 38.7 Å². The normalized spacial score (nSPS) is 27.2. The lowest BCUT2D eigenvalue weighted by atomic mass is 9.91. The zero-order chi connectivity index (χ0) is 10.4. The maximum Gasteiger partial charge on any atom is 0.0851 e. The molecule has 0 spiro atoms. The van der Waals surface area contributed by atoms with Gasteiger partial charge in [0.15, 0.2) is 0 Å². The van der Waals surface area contributed by atoms with Gasteiger partial charge in [0.25, 0.3) is 0 Å². The first kappa shape index (κ1) is 12.0. The molecule has 1 saturated heterocycles. The summed E-state index contributed by atoms with van der Waals surface area (Å²) in [5, 5.41) is 10.1. The molecule has 84 valence electrons. The van der Waals surface area contributed by atoms with Crippen molar-refractivity contribution in [3.05, 3.63) is 0 Å². The Labute approximate surface area is 86.4 Å². The van der Waals surface area contributed by atoms with Gasteiger partial charge in [-0.2, -0.15) is 0 Å². The molecule has 0 amide bonds. The fraction of sp³-hybridized carbons (Fsp3) is 1.00. The van der Waals surface area contributed by atoms with Crippen LogP contribution < -0.4 is 0 Å². The van der Waals surface area contributed by atoms with E-state index in [4.69, 9.17) is 9.47 Å². The van der Waals surface area contributed by atoms with Crippen LogP contribution in [0.1, 0.15) is 33.1 Å². The van der Waals surface area contributed by atoms with Crippen molar-refractivity contribution < 1.29 is 14.6 Å². The molecular formula is C11H22O3. The summed E-state index contributed by atoms with van der Waals surface area (Å²) < 4.78 is 10.9. The average Bonchev–Trinajstić information content (AvgIpc) is 2.26. The molecule has 3 atom stereocenters. The minimum Gasteiger partial charge on any atom is -0.390 e. The van der Waals surface area contributed by atoms with Crippen LogP contribution in [0.2, 0.25) is 0 Å². The molecule has 1 aliphatic heterocycles. The van der Waals surface area contributed by atoms with Crippen molar-refractivity contribution >= 4 is 0 Å². The standard InChI is InChI=1S/C11H22O3/c1-3-10(14-4-2)11(12)9-6-5-7-13-8-9/h9-12H,3-8H2,1-2H3. The van der Waals surface area contributed by atoms with E-state index < -0.39 is 0 Å². The van der Waals surface area contributed by atoms with Crippen molar-refractivity contribution in [3.8, 4) is 0 Å². The molecule has 0 bridgehead atoms. The van der Waals surface area contributed by atoms with Gasteiger partial charge in [0.1, 0.15) is 0 Å². The third-order valence-electron chi connectivity index (χ3n) is 2.84. The SMILES string of the molecule is CCOC(CC)C(O)C1CCCOC1. The van der Waals surface area contributed by atoms with Gasteiger partial charge < -0.3 is 14.6 Å². The second-order valence-electron chi connectivity index (χ2n) is 3.87. The van der Waals surface area contributed by atoms with Gasteiger partial charge in [-0.05, 0) is 26.2 Å².